The number of carbonyl (C=O) groups excluding carboxylic acids is 1. The number of fused-ring (bicyclic) bond motifs is 2. The van der Waals surface area contributed by atoms with Gasteiger partial charge in [0.2, 0.25) is 6.10 Å². The number of amides is 1. The van der Waals surface area contributed by atoms with Crippen molar-refractivity contribution in [1.82, 2.24) is 19.9 Å². The lowest BCUT2D eigenvalue weighted by molar-refractivity contribution is -0.130. The Morgan fingerprint density at radius 2 is 1.89 bits per heavy atom. The van der Waals surface area contributed by atoms with E-state index in [-0.39, 0.29) is 12.5 Å². The zero-order valence-electron chi connectivity index (χ0n) is 18.7. The van der Waals surface area contributed by atoms with Crippen LogP contribution in [0.1, 0.15) is 12.8 Å². The van der Waals surface area contributed by atoms with E-state index in [1.807, 2.05) is 48.5 Å². The second-order valence-corrected chi connectivity index (χ2v) is 9.29. The van der Waals surface area contributed by atoms with Crippen LogP contribution in [0.25, 0.3) is 16.9 Å². The molecule has 1 unspecified atom stereocenters. The summed E-state index contributed by atoms with van der Waals surface area (Å²) in [6.07, 6.45) is 2.72. The molecular formula is C25H23BrClN5O3. The van der Waals surface area contributed by atoms with Crippen molar-refractivity contribution < 1.29 is 14.3 Å². The fourth-order valence-electron chi connectivity index (χ4n) is 3.81. The van der Waals surface area contributed by atoms with Crippen molar-refractivity contribution >= 4 is 44.9 Å². The van der Waals surface area contributed by atoms with E-state index in [1.165, 1.54) is 0 Å². The quantitative estimate of drug-likeness (QED) is 0.298. The predicted octanol–water partition coefficient (Wildman–Crippen LogP) is 4.96. The molecule has 2 aromatic carbocycles. The maximum Gasteiger partial charge on any atom is 0.264 e. The van der Waals surface area contributed by atoms with Crippen LogP contribution in [0.3, 0.4) is 0 Å². The fourth-order valence-corrected chi connectivity index (χ4v) is 4.39. The molecular weight excluding hydrogens is 534 g/mol. The number of hydrogen-bond acceptors (Lipinski definition) is 6. The number of nitrogens with zero attached hydrogens (tertiary/aromatic N) is 3. The van der Waals surface area contributed by atoms with Crippen molar-refractivity contribution in [3.8, 4) is 22.8 Å². The van der Waals surface area contributed by atoms with Gasteiger partial charge in [0, 0.05) is 29.7 Å². The second-order valence-electron chi connectivity index (χ2n) is 8.02. The molecule has 0 bridgehead atoms. The number of aromatic nitrogens is 3. The van der Waals surface area contributed by atoms with E-state index in [4.69, 9.17) is 26.1 Å². The Bertz CT molecular complexity index is 1360. The van der Waals surface area contributed by atoms with Crippen LogP contribution in [0.5, 0.6) is 11.5 Å². The number of halogens is 2. The Balaban J connectivity index is 1.14. The average molecular weight is 557 g/mol. The van der Waals surface area contributed by atoms with E-state index in [9.17, 15) is 4.79 Å². The SMILES string of the molecule is O=C(NCCCCNc1cc(-c2ccccc2Cl)nc2c(Br)cnn12)C1COc2ccccc2O1. The number of unbranched alkanes of at least 4 members (excludes halogenated alkanes) is 1. The van der Waals surface area contributed by atoms with Crippen molar-refractivity contribution in [3.05, 3.63) is 70.3 Å². The van der Waals surface area contributed by atoms with Gasteiger partial charge in [0.05, 0.1) is 16.4 Å². The molecule has 1 aliphatic heterocycles. The Morgan fingerprint density at radius 3 is 2.74 bits per heavy atom. The molecule has 10 heteroatoms. The van der Waals surface area contributed by atoms with Gasteiger partial charge in [-0.05, 0) is 47.0 Å². The Labute approximate surface area is 215 Å². The van der Waals surface area contributed by atoms with Gasteiger partial charge in [0.25, 0.3) is 5.91 Å². The molecule has 0 spiro atoms. The minimum Gasteiger partial charge on any atom is -0.485 e. The van der Waals surface area contributed by atoms with Crippen LogP contribution in [0.15, 0.2) is 65.3 Å². The lowest BCUT2D eigenvalue weighted by Gasteiger charge is -2.25. The second kappa shape index (κ2) is 10.5. The summed E-state index contributed by atoms with van der Waals surface area (Å²) in [7, 11) is 0. The first kappa shape index (κ1) is 23.4. The number of ether oxygens (including phenoxy) is 2. The normalized spacial score (nSPS) is 14.6. The van der Waals surface area contributed by atoms with Crippen LogP contribution in [-0.2, 0) is 4.79 Å². The molecule has 3 heterocycles. The van der Waals surface area contributed by atoms with Gasteiger partial charge in [0.15, 0.2) is 17.1 Å². The molecule has 8 nitrogen and oxygen atoms in total. The lowest BCUT2D eigenvalue weighted by atomic mass is 10.1. The van der Waals surface area contributed by atoms with Crippen LogP contribution in [0.4, 0.5) is 5.82 Å². The van der Waals surface area contributed by atoms with Gasteiger partial charge in [-0.1, -0.05) is 41.9 Å². The van der Waals surface area contributed by atoms with Crippen molar-refractivity contribution in [2.24, 2.45) is 0 Å². The molecule has 1 aliphatic rings. The molecule has 2 aromatic heterocycles. The fraction of sp³-hybridized carbons (Fsp3) is 0.240. The molecule has 180 valence electrons. The molecule has 0 saturated carbocycles. The highest BCUT2D eigenvalue weighted by Gasteiger charge is 2.26. The van der Waals surface area contributed by atoms with Gasteiger partial charge in [-0.2, -0.15) is 9.61 Å². The van der Waals surface area contributed by atoms with Crippen molar-refractivity contribution in [1.29, 1.82) is 0 Å². The summed E-state index contributed by atoms with van der Waals surface area (Å²) in [6.45, 7) is 1.45. The Hall–Kier alpha value is -3.30. The molecule has 0 radical (unpaired) electrons. The zero-order valence-corrected chi connectivity index (χ0v) is 21.1. The third-order valence-corrected chi connectivity index (χ3v) is 6.48. The minimum absolute atomic E-state index is 0.172. The van der Waals surface area contributed by atoms with Crippen LogP contribution in [0, 0.1) is 0 Å². The molecule has 35 heavy (non-hydrogen) atoms. The summed E-state index contributed by atoms with van der Waals surface area (Å²) in [5, 5.41) is 11.4. The monoisotopic (exact) mass is 555 g/mol. The molecule has 0 fully saturated rings. The molecule has 0 aliphatic carbocycles. The van der Waals surface area contributed by atoms with E-state index >= 15 is 0 Å². The largest absolute Gasteiger partial charge is 0.485 e. The summed E-state index contributed by atoms with van der Waals surface area (Å²) in [6, 6.07) is 16.9. The summed E-state index contributed by atoms with van der Waals surface area (Å²) in [4.78, 5) is 17.2. The van der Waals surface area contributed by atoms with Gasteiger partial charge in [-0.3, -0.25) is 4.79 Å². The molecule has 0 saturated heterocycles. The van der Waals surface area contributed by atoms with Gasteiger partial charge < -0.3 is 20.1 Å². The number of hydrogen-bond donors (Lipinski definition) is 2. The van der Waals surface area contributed by atoms with Crippen LogP contribution < -0.4 is 20.1 Å². The van der Waals surface area contributed by atoms with E-state index in [1.54, 1.807) is 16.8 Å². The number of benzene rings is 2. The van der Waals surface area contributed by atoms with E-state index in [0.29, 0.717) is 35.3 Å². The van der Waals surface area contributed by atoms with Gasteiger partial charge in [-0.25, -0.2) is 4.98 Å². The molecule has 1 amide bonds. The maximum atomic E-state index is 12.4. The first-order chi connectivity index (χ1) is 17.1. The highest BCUT2D eigenvalue weighted by atomic mass is 79.9. The van der Waals surface area contributed by atoms with Crippen LogP contribution in [-0.4, -0.2) is 46.3 Å². The zero-order chi connectivity index (χ0) is 24.2. The number of para-hydroxylation sites is 2. The Kier molecular flexibility index (Phi) is 7.06. The van der Waals surface area contributed by atoms with Crippen LogP contribution >= 0.6 is 27.5 Å². The number of anilines is 1. The van der Waals surface area contributed by atoms with Gasteiger partial charge in [0.1, 0.15) is 12.4 Å². The maximum absolute atomic E-state index is 12.4. The number of carbonyl (C=O) groups is 1. The van der Waals surface area contributed by atoms with Crippen LogP contribution in [0.2, 0.25) is 5.02 Å². The lowest BCUT2D eigenvalue weighted by Crippen LogP contribution is -2.44. The smallest absolute Gasteiger partial charge is 0.264 e. The molecule has 5 rings (SSSR count). The first-order valence-electron chi connectivity index (χ1n) is 11.3. The first-order valence-corrected chi connectivity index (χ1v) is 12.5. The standard InChI is InChI=1S/C25H23BrClN5O3/c26-17-14-30-32-23(13-19(31-24(17)32)16-7-1-2-8-18(16)27)28-11-5-6-12-29-25(33)22-15-34-20-9-3-4-10-21(20)35-22/h1-4,7-10,13-14,22,28H,5-6,11-12,15H2,(H,29,33). The average Bonchev–Trinajstić information content (AvgIpc) is 3.26. The minimum atomic E-state index is -0.644. The molecule has 2 N–H and O–H groups in total. The third kappa shape index (κ3) is 5.21. The topological polar surface area (TPSA) is 89.8 Å². The van der Waals surface area contributed by atoms with E-state index in [0.717, 1.165) is 34.4 Å². The molecule has 1 atom stereocenters. The number of rotatable bonds is 8. The van der Waals surface area contributed by atoms with E-state index < -0.39 is 6.10 Å². The highest BCUT2D eigenvalue weighted by Crippen LogP contribution is 2.31. The third-order valence-electron chi connectivity index (χ3n) is 5.59. The highest BCUT2D eigenvalue weighted by molar-refractivity contribution is 9.10. The summed E-state index contributed by atoms with van der Waals surface area (Å²) >= 11 is 9.92. The molecule has 4 aromatic rings. The van der Waals surface area contributed by atoms with E-state index in [2.05, 4.69) is 31.7 Å². The van der Waals surface area contributed by atoms with Gasteiger partial charge >= 0.3 is 0 Å². The number of nitrogens with one attached hydrogen (secondary N) is 2. The van der Waals surface area contributed by atoms with Gasteiger partial charge in [-0.15, -0.1) is 0 Å². The predicted molar refractivity (Wildman–Crippen MR) is 138 cm³/mol. The van der Waals surface area contributed by atoms with Crippen molar-refractivity contribution in [2.75, 3.05) is 25.0 Å². The Morgan fingerprint density at radius 1 is 1.11 bits per heavy atom. The summed E-state index contributed by atoms with van der Waals surface area (Å²) in [5.74, 6) is 1.89. The summed E-state index contributed by atoms with van der Waals surface area (Å²) < 4.78 is 13.9. The van der Waals surface area contributed by atoms with Crippen molar-refractivity contribution in [2.45, 2.75) is 18.9 Å². The summed E-state index contributed by atoms with van der Waals surface area (Å²) in [5.41, 5.74) is 2.32. The van der Waals surface area contributed by atoms with Crippen molar-refractivity contribution in [3.63, 3.8) is 0 Å².